The van der Waals surface area contributed by atoms with Gasteiger partial charge < -0.3 is 25.6 Å². The highest BCUT2D eigenvalue weighted by Crippen LogP contribution is 2.50. The molecule has 2 aromatic heterocycles. The van der Waals surface area contributed by atoms with Crippen LogP contribution >= 0.6 is 39.1 Å². The summed E-state index contributed by atoms with van der Waals surface area (Å²) in [6.07, 6.45) is 3.00. The lowest BCUT2D eigenvalue weighted by Gasteiger charge is -2.30. The van der Waals surface area contributed by atoms with Crippen molar-refractivity contribution in [1.29, 1.82) is 0 Å². The van der Waals surface area contributed by atoms with Crippen molar-refractivity contribution in [2.75, 3.05) is 20.3 Å². The molecule has 2 atom stereocenters. The van der Waals surface area contributed by atoms with E-state index in [2.05, 4.69) is 26.2 Å². The zero-order valence-electron chi connectivity index (χ0n) is 23.5. The maximum Gasteiger partial charge on any atom is 0.251 e. The lowest BCUT2D eigenvalue weighted by atomic mass is 9.81. The number of ether oxygens (including phenoxy) is 2. The molecule has 2 aliphatic rings. The van der Waals surface area contributed by atoms with Gasteiger partial charge in [0, 0.05) is 32.7 Å². The number of benzene rings is 2. The standard InChI is InChI=1S/C31H26BrCl2FN4O5/c1-30(29(36)41)13-44-27-19(30)10-23(39-26(27)15-7-20(33)24(35)21(34)8-15)31(42,17-3-4-17)12-38-28(40)16-5-14-6-18(32)11-37-25(14)22(9-16)43-2/h5-11,17,42H,3-4,12-13H2,1-2H3,(H2,36,41)(H,38,40)/t30-,31+/m0/s1. The summed E-state index contributed by atoms with van der Waals surface area (Å²) < 4.78 is 26.4. The van der Waals surface area contributed by atoms with Crippen molar-refractivity contribution in [3.63, 3.8) is 0 Å². The van der Waals surface area contributed by atoms with E-state index in [1.807, 2.05) is 6.07 Å². The minimum absolute atomic E-state index is 0.0637. The molecule has 4 aromatic rings. The fraction of sp³-hybridized carbons (Fsp3) is 0.290. The maximum atomic E-state index is 14.3. The highest BCUT2D eigenvalue weighted by molar-refractivity contribution is 9.10. The summed E-state index contributed by atoms with van der Waals surface area (Å²) in [5, 5.41) is 15.3. The Bertz CT molecular complexity index is 1850. The first-order valence-electron chi connectivity index (χ1n) is 13.6. The Morgan fingerprint density at radius 2 is 1.93 bits per heavy atom. The fourth-order valence-electron chi connectivity index (χ4n) is 5.50. The molecule has 44 heavy (non-hydrogen) atoms. The number of fused-ring (bicyclic) bond motifs is 2. The van der Waals surface area contributed by atoms with Gasteiger partial charge in [-0.3, -0.25) is 14.6 Å². The molecule has 0 unspecified atom stereocenters. The van der Waals surface area contributed by atoms with Crippen molar-refractivity contribution in [3.05, 3.63) is 79.8 Å². The first-order valence-corrected chi connectivity index (χ1v) is 15.2. The van der Waals surface area contributed by atoms with Crippen molar-refractivity contribution in [2.45, 2.75) is 30.8 Å². The topological polar surface area (TPSA) is 137 Å². The first kappa shape index (κ1) is 30.5. The number of amides is 2. The van der Waals surface area contributed by atoms with E-state index in [1.54, 1.807) is 31.3 Å². The van der Waals surface area contributed by atoms with E-state index in [9.17, 15) is 19.1 Å². The molecule has 228 valence electrons. The molecule has 4 N–H and O–H groups in total. The average molecular weight is 704 g/mol. The number of aromatic nitrogens is 2. The lowest BCUT2D eigenvalue weighted by Crippen LogP contribution is -2.44. The first-order chi connectivity index (χ1) is 20.9. The van der Waals surface area contributed by atoms with E-state index in [0.717, 1.165) is 4.47 Å². The van der Waals surface area contributed by atoms with Crippen LogP contribution in [0.15, 0.2) is 47.1 Å². The molecule has 1 aliphatic heterocycles. The average Bonchev–Trinajstić information content (AvgIpc) is 3.80. The molecule has 6 rings (SSSR count). The smallest absolute Gasteiger partial charge is 0.251 e. The highest BCUT2D eigenvalue weighted by Gasteiger charge is 2.50. The third-order valence-corrected chi connectivity index (χ3v) is 9.27. The Kier molecular flexibility index (Phi) is 7.72. The largest absolute Gasteiger partial charge is 0.494 e. The molecular weight excluding hydrogens is 678 g/mol. The second kappa shape index (κ2) is 11.1. The summed E-state index contributed by atoms with van der Waals surface area (Å²) in [5.41, 5.74) is 4.94. The Balaban J connectivity index is 1.42. The predicted molar refractivity (Wildman–Crippen MR) is 167 cm³/mol. The monoisotopic (exact) mass is 702 g/mol. The Morgan fingerprint density at radius 3 is 2.57 bits per heavy atom. The van der Waals surface area contributed by atoms with E-state index in [-0.39, 0.29) is 46.3 Å². The predicted octanol–water partition coefficient (Wildman–Crippen LogP) is 5.68. The van der Waals surface area contributed by atoms with Gasteiger partial charge in [-0.15, -0.1) is 0 Å². The Hall–Kier alpha value is -3.51. The number of methoxy groups -OCH3 is 1. The molecule has 3 heterocycles. The number of hydrogen-bond acceptors (Lipinski definition) is 7. The van der Waals surface area contributed by atoms with Crippen LogP contribution in [0.4, 0.5) is 4.39 Å². The minimum Gasteiger partial charge on any atom is -0.494 e. The van der Waals surface area contributed by atoms with Crippen molar-refractivity contribution in [3.8, 4) is 22.8 Å². The number of primary amides is 1. The second-order valence-electron chi connectivity index (χ2n) is 11.3. The quantitative estimate of drug-likeness (QED) is 0.201. The number of halogens is 4. The number of nitrogens with two attached hydrogens (primary N) is 1. The normalized spacial score (nSPS) is 18.8. The fourth-order valence-corrected chi connectivity index (χ4v) is 6.33. The van der Waals surface area contributed by atoms with Gasteiger partial charge in [0.05, 0.1) is 29.4 Å². The lowest BCUT2D eigenvalue weighted by molar-refractivity contribution is -0.123. The van der Waals surface area contributed by atoms with E-state index < -0.39 is 28.6 Å². The number of carbonyl (C=O) groups excluding carboxylic acids is 2. The maximum absolute atomic E-state index is 14.3. The molecule has 1 aliphatic carbocycles. The molecule has 1 fully saturated rings. The van der Waals surface area contributed by atoms with Gasteiger partial charge in [0.15, 0.2) is 5.82 Å². The summed E-state index contributed by atoms with van der Waals surface area (Å²) >= 11 is 15.6. The van der Waals surface area contributed by atoms with Crippen LogP contribution in [0, 0.1) is 11.7 Å². The van der Waals surface area contributed by atoms with Gasteiger partial charge in [0.25, 0.3) is 5.91 Å². The van der Waals surface area contributed by atoms with Gasteiger partial charge >= 0.3 is 0 Å². The summed E-state index contributed by atoms with van der Waals surface area (Å²) in [6.45, 7) is 1.38. The second-order valence-corrected chi connectivity index (χ2v) is 13.0. The zero-order chi connectivity index (χ0) is 31.6. The van der Waals surface area contributed by atoms with Crippen LogP contribution in [0.1, 0.15) is 41.4 Å². The summed E-state index contributed by atoms with van der Waals surface area (Å²) in [4.78, 5) is 35.2. The molecule has 0 radical (unpaired) electrons. The van der Waals surface area contributed by atoms with Gasteiger partial charge in [-0.05, 0) is 78.0 Å². The molecule has 0 saturated heterocycles. The van der Waals surface area contributed by atoms with Gasteiger partial charge in [-0.2, -0.15) is 0 Å². The molecule has 1 saturated carbocycles. The Morgan fingerprint density at radius 1 is 1.23 bits per heavy atom. The van der Waals surface area contributed by atoms with Crippen LogP contribution in [0.25, 0.3) is 22.2 Å². The highest BCUT2D eigenvalue weighted by atomic mass is 79.9. The van der Waals surface area contributed by atoms with Crippen LogP contribution in [0.2, 0.25) is 10.0 Å². The van der Waals surface area contributed by atoms with E-state index >= 15 is 0 Å². The van der Waals surface area contributed by atoms with Crippen molar-refractivity contribution >= 4 is 61.8 Å². The number of nitrogens with zero attached hydrogens (tertiary/aromatic N) is 2. The number of pyridine rings is 2. The SMILES string of the molecule is COc1cc(C(=O)NC[C@](O)(c2cc3c(c(-c4cc(Cl)c(F)c(Cl)c4)n2)OC[C@]3(C)C(N)=O)C2CC2)cc2cc(Br)cnc12. The van der Waals surface area contributed by atoms with Crippen molar-refractivity contribution in [1.82, 2.24) is 15.3 Å². The molecule has 2 amide bonds. The summed E-state index contributed by atoms with van der Waals surface area (Å²) in [7, 11) is 1.49. The van der Waals surface area contributed by atoms with E-state index in [4.69, 9.17) is 43.4 Å². The van der Waals surface area contributed by atoms with Gasteiger partial charge in [0.1, 0.15) is 40.3 Å². The number of aliphatic hydroxyl groups is 1. The molecular formula is C31H26BrCl2FN4O5. The van der Waals surface area contributed by atoms with Crippen molar-refractivity contribution in [2.24, 2.45) is 11.7 Å². The van der Waals surface area contributed by atoms with E-state index in [1.165, 1.54) is 19.2 Å². The third-order valence-electron chi connectivity index (χ3n) is 8.29. The van der Waals surface area contributed by atoms with Gasteiger partial charge in [-0.25, -0.2) is 9.37 Å². The van der Waals surface area contributed by atoms with Crippen LogP contribution in [0.3, 0.4) is 0 Å². The molecule has 9 nitrogen and oxygen atoms in total. The van der Waals surface area contributed by atoms with E-state index in [0.29, 0.717) is 46.2 Å². The summed E-state index contributed by atoms with van der Waals surface area (Å²) in [5.74, 6) is -1.45. The minimum atomic E-state index is -1.64. The van der Waals surface area contributed by atoms with Crippen LogP contribution in [-0.4, -0.2) is 47.2 Å². The Labute approximate surface area is 270 Å². The molecule has 0 bridgehead atoms. The van der Waals surface area contributed by atoms with Gasteiger partial charge in [-0.1, -0.05) is 23.2 Å². The number of rotatable bonds is 8. The van der Waals surface area contributed by atoms with Gasteiger partial charge in [0.2, 0.25) is 5.91 Å². The number of nitrogens with one attached hydrogen (secondary N) is 1. The van der Waals surface area contributed by atoms with Crippen molar-refractivity contribution < 1.29 is 28.6 Å². The third kappa shape index (κ3) is 5.15. The number of carbonyl (C=O) groups is 2. The molecule has 2 aromatic carbocycles. The number of hydrogen-bond donors (Lipinski definition) is 3. The summed E-state index contributed by atoms with van der Waals surface area (Å²) in [6, 6.07) is 9.37. The van der Waals surface area contributed by atoms with Crippen LogP contribution < -0.4 is 20.5 Å². The zero-order valence-corrected chi connectivity index (χ0v) is 26.6. The van der Waals surface area contributed by atoms with Crippen LogP contribution in [0.5, 0.6) is 11.5 Å². The molecule has 13 heteroatoms. The molecule has 0 spiro atoms. The van der Waals surface area contributed by atoms with Crippen LogP contribution in [-0.2, 0) is 15.8 Å².